The average Bonchev–Trinajstić information content (AvgIpc) is 2.88. The highest BCUT2D eigenvalue weighted by atomic mass is 32.2. The minimum atomic E-state index is 0.512. The molecule has 1 fully saturated rings. The molecule has 0 aliphatic heterocycles. The zero-order chi connectivity index (χ0) is 12.5. The third kappa shape index (κ3) is 3.25. The first kappa shape index (κ1) is 12.5. The first-order valence-corrected chi connectivity index (χ1v) is 6.73. The smallest absolute Gasteiger partial charge is 0.0988 e. The maximum Gasteiger partial charge on any atom is 0.0988 e. The lowest BCUT2D eigenvalue weighted by atomic mass is 10.0. The molecule has 0 spiro atoms. The minimum Gasteiger partial charge on any atom is -0.368 e. The Bertz CT molecular complexity index is 407. The Balaban J connectivity index is 1.95. The van der Waals surface area contributed by atoms with Gasteiger partial charge in [0.05, 0.1) is 6.34 Å². The largest absolute Gasteiger partial charge is 0.368 e. The molecule has 0 bridgehead atoms. The highest BCUT2D eigenvalue weighted by Gasteiger charge is 2.46. The molecule has 92 valence electrons. The normalized spacial score (nSPS) is 21.8. The van der Waals surface area contributed by atoms with Crippen molar-refractivity contribution < 1.29 is 0 Å². The molecule has 1 atom stereocenters. The summed E-state index contributed by atoms with van der Waals surface area (Å²) in [5.41, 5.74) is 1.98. The predicted octanol–water partition coefficient (Wildman–Crippen LogP) is 3.80. The van der Waals surface area contributed by atoms with Gasteiger partial charge in [-0.3, -0.25) is 0 Å². The first-order chi connectivity index (χ1) is 7.99. The quantitative estimate of drug-likeness (QED) is 0.457. The summed E-state index contributed by atoms with van der Waals surface area (Å²) in [6, 6.07) is 8.82. The molecule has 1 aliphatic carbocycles. The molecule has 1 unspecified atom stereocenters. The van der Waals surface area contributed by atoms with Crippen molar-refractivity contribution >= 4 is 18.3 Å². The van der Waals surface area contributed by atoms with Gasteiger partial charge in [0.1, 0.15) is 0 Å². The van der Waals surface area contributed by atoms with Gasteiger partial charge >= 0.3 is 0 Å². The topological polar surface area (TPSA) is 15.6 Å². The van der Waals surface area contributed by atoms with Gasteiger partial charge in [0, 0.05) is 30.9 Å². The standard InChI is InChI=1S/C14H20N2S/c1-14(2)9-13(14)11-5-7-12(8-6-11)17-15-10-16(3)4/h5-8,10,13H,9H2,1-4H3. The van der Waals surface area contributed by atoms with Crippen LogP contribution in [-0.2, 0) is 0 Å². The second-order valence-electron chi connectivity index (χ2n) is 5.59. The van der Waals surface area contributed by atoms with E-state index in [1.54, 1.807) is 0 Å². The molecule has 0 N–H and O–H groups in total. The Morgan fingerprint density at radius 3 is 2.35 bits per heavy atom. The van der Waals surface area contributed by atoms with E-state index in [-0.39, 0.29) is 0 Å². The van der Waals surface area contributed by atoms with Gasteiger partial charge < -0.3 is 4.90 Å². The molecule has 17 heavy (non-hydrogen) atoms. The van der Waals surface area contributed by atoms with Crippen LogP contribution in [0.4, 0.5) is 0 Å². The van der Waals surface area contributed by atoms with Gasteiger partial charge in [-0.05, 0) is 35.4 Å². The molecule has 1 saturated carbocycles. The molecule has 1 aliphatic rings. The second kappa shape index (κ2) is 4.73. The minimum absolute atomic E-state index is 0.512. The molecule has 0 aromatic heterocycles. The fourth-order valence-corrected chi connectivity index (χ4v) is 2.59. The van der Waals surface area contributed by atoms with Gasteiger partial charge in [-0.1, -0.05) is 26.0 Å². The second-order valence-corrected chi connectivity index (χ2v) is 6.45. The molecular weight excluding hydrogens is 228 g/mol. The van der Waals surface area contributed by atoms with Crippen molar-refractivity contribution in [2.45, 2.75) is 31.1 Å². The summed E-state index contributed by atoms with van der Waals surface area (Å²) in [7, 11) is 3.95. The highest BCUT2D eigenvalue weighted by molar-refractivity contribution is 7.98. The van der Waals surface area contributed by atoms with Crippen LogP contribution in [-0.4, -0.2) is 25.3 Å². The van der Waals surface area contributed by atoms with Gasteiger partial charge in [-0.2, -0.15) is 0 Å². The lowest BCUT2D eigenvalue weighted by Gasteiger charge is -2.05. The Morgan fingerprint density at radius 2 is 1.88 bits per heavy atom. The third-order valence-corrected chi connectivity index (χ3v) is 3.91. The van der Waals surface area contributed by atoms with Crippen molar-refractivity contribution in [3.05, 3.63) is 29.8 Å². The van der Waals surface area contributed by atoms with E-state index in [0.717, 1.165) is 5.92 Å². The zero-order valence-corrected chi connectivity index (χ0v) is 11.8. The maximum atomic E-state index is 4.28. The van der Waals surface area contributed by atoms with Crippen LogP contribution >= 0.6 is 11.9 Å². The SMILES string of the molecule is CN(C)C=NSc1ccc(C2CC2(C)C)cc1. The fourth-order valence-electron chi connectivity index (χ4n) is 1.98. The summed E-state index contributed by atoms with van der Waals surface area (Å²) in [5, 5.41) is 0. The average molecular weight is 248 g/mol. The summed E-state index contributed by atoms with van der Waals surface area (Å²) >= 11 is 1.52. The van der Waals surface area contributed by atoms with Crippen LogP contribution < -0.4 is 0 Å². The van der Waals surface area contributed by atoms with E-state index in [1.807, 2.05) is 25.3 Å². The summed E-state index contributed by atoms with van der Waals surface area (Å²) in [5.74, 6) is 0.756. The van der Waals surface area contributed by atoms with Crippen molar-refractivity contribution in [1.29, 1.82) is 0 Å². The van der Waals surface area contributed by atoms with Crippen LogP contribution in [0.3, 0.4) is 0 Å². The molecule has 0 amide bonds. The van der Waals surface area contributed by atoms with Crippen molar-refractivity contribution in [1.82, 2.24) is 4.90 Å². The van der Waals surface area contributed by atoms with E-state index in [1.165, 1.54) is 28.8 Å². The van der Waals surface area contributed by atoms with Gasteiger partial charge in [-0.15, -0.1) is 0 Å². The lowest BCUT2D eigenvalue weighted by molar-refractivity contribution is 0.621. The van der Waals surface area contributed by atoms with Crippen LogP contribution in [0.15, 0.2) is 33.6 Å². The third-order valence-electron chi connectivity index (χ3n) is 3.23. The van der Waals surface area contributed by atoms with E-state index in [9.17, 15) is 0 Å². The van der Waals surface area contributed by atoms with Crippen LogP contribution in [0, 0.1) is 5.41 Å². The number of rotatable bonds is 4. The fraction of sp³-hybridized carbons (Fsp3) is 0.500. The van der Waals surface area contributed by atoms with E-state index in [0.29, 0.717) is 5.41 Å². The van der Waals surface area contributed by atoms with Crippen molar-refractivity contribution in [3.8, 4) is 0 Å². The number of benzene rings is 1. The van der Waals surface area contributed by atoms with Gasteiger partial charge in [0.2, 0.25) is 0 Å². The van der Waals surface area contributed by atoms with Crippen molar-refractivity contribution in [3.63, 3.8) is 0 Å². The van der Waals surface area contributed by atoms with E-state index in [2.05, 4.69) is 42.5 Å². The molecule has 0 heterocycles. The summed E-state index contributed by atoms with van der Waals surface area (Å²) < 4.78 is 4.28. The zero-order valence-electron chi connectivity index (χ0n) is 11.0. The Kier molecular flexibility index (Phi) is 3.48. The Labute approximate surface area is 108 Å². The lowest BCUT2D eigenvalue weighted by Crippen LogP contribution is -2.06. The van der Waals surface area contributed by atoms with Crippen LogP contribution in [0.1, 0.15) is 31.7 Å². The molecule has 1 aromatic carbocycles. The molecule has 3 heteroatoms. The van der Waals surface area contributed by atoms with Gasteiger partial charge in [0.25, 0.3) is 0 Å². The van der Waals surface area contributed by atoms with Crippen LogP contribution in [0.2, 0.25) is 0 Å². The maximum absolute atomic E-state index is 4.28. The van der Waals surface area contributed by atoms with Crippen molar-refractivity contribution in [2.75, 3.05) is 14.1 Å². The molecule has 0 saturated heterocycles. The van der Waals surface area contributed by atoms with E-state index < -0.39 is 0 Å². The van der Waals surface area contributed by atoms with Gasteiger partial charge in [0.15, 0.2) is 0 Å². The molecular formula is C14H20N2S. The monoisotopic (exact) mass is 248 g/mol. The molecule has 2 rings (SSSR count). The summed E-state index contributed by atoms with van der Waals surface area (Å²) in [6.45, 7) is 4.67. The van der Waals surface area contributed by atoms with E-state index >= 15 is 0 Å². The number of hydrogen-bond donors (Lipinski definition) is 0. The molecule has 1 aromatic rings. The first-order valence-electron chi connectivity index (χ1n) is 5.96. The number of hydrogen-bond acceptors (Lipinski definition) is 2. The molecule has 2 nitrogen and oxygen atoms in total. The number of nitrogens with zero attached hydrogens (tertiary/aromatic N) is 2. The Morgan fingerprint density at radius 1 is 1.29 bits per heavy atom. The molecule has 0 radical (unpaired) electrons. The highest BCUT2D eigenvalue weighted by Crippen LogP contribution is 2.58. The predicted molar refractivity (Wildman–Crippen MR) is 75.6 cm³/mol. The summed E-state index contributed by atoms with van der Waals surface area (Å²) in [6.07, 6.45) is 3.14. The summed E-state index contributed by atoms with van der Waals surface area (Å²) in [4.78, 5) is 3.14. The van der Waals surface area contributed by atoms with Crippen LogP contribution in [0.5, 0.6) is 0 Å². The van der Waals surface area contributed by atoms with Crippen molar-refractivity contribution in [2.24, 2.45) is 9.81 Å². The van der Waals surface area contributed by atoms with Crippen LogP contribution in [0.25, 0.3) is 0 Å². The van der Waals surface area contributed by atoms with E-state index in [4.69, 9.17) is 0 Å². The van der Waals surface area contributed by atoms with Gasteiger partial charge in [-0.25, -0.2) is 4.40 Å². The Hall–Kier alpha value is -0.960.